The lowest BCUT2D eigenvalue weighted by Crippen LogP contribution is -2.58. The van der Waals surface area contributed by atoms with Gasteiger partial charge in [0.05, 0.1) is 5.69 Å². The zero-order valence-corrected chi connectivity index (χ0v) is 16.1. The molecule has 0 saturated heterocycles. The molecule has 1 saturated carbocycles. The molecule has 30 heavy (non-hydrogen) atoms. The highest BCUT2D eigenvalue weighted by Gasteiger charge is 2.41. The third-order valence-corrected chi connectivity index (χ3v) is 5.30. The van der Waals surface area contributed by atoms with Gasteiger partial charge in [0.1, 0.15) is 17.2 Å². The van der Waals surface area contributed by atoms with Gasteiger partial charge < -0.3 is 25.4 Å². The van der Waals surface area contributed by atoms with Gasteiger partial charge in [-0.15, -0.1) is 0 Å². The molecule has 1 aliphatic carbocycles. The van der Waals surface area contributed by atoms with E-state index in [1.54, 1.807) is 18.2 Å². The van der Waals surface area contributed by atoms with Gasteiger partial charge in [0, 0.05) is 17.8 Å². The van der Waals surface area contributed by atoms with E-state index < -0.39 is 23.2 Å². The van der Waals surface area contributed by atoms with Crippen LogP contribution >= 0.6 is 0 Å². The van der Waals surface area contributed by atoms with Crippen LogP contribution in [0.2, 0.25) is 0 Å². The summed E-state index contributed by atoms with van der Waals surface area (Å²) in [7, 11) is 0. The second-order valence-corrected chi connectivity index (χ2v) is 7.37. The maximum absolute atomic E-state index is 13.9. The van der Waals surface area contributed by atoms with Crippen molar-refractivity contribution < 1.29 is 27.8 Å². The highest BCUT2D eigenvalue weighted by molar-refractivity contribution is 6.02. The smallest absolute Gasteiger partial charge is 0.320 e. The van der Waals surface area contributed by atoms with Crippen LogP contribution in [0.4, 0.5) is 25.0 Å². The fourth-order valence-corrected chi connectivity index (χ4v) is 3.75. The van der Waals surface area contributed by atoms with Crippen LogP contribution in [0.3, 0.4) is 0 Å². The average Bonchev–Trinajstić information content (AvgIpc) is 3.18. The van der Waals surface area contributed by atoms with Crippen LogP contribution in [-0.4, -0.2) is 24.3 Å². The van der Waals surface area contributed by atoms with Crippen LogP contribution in [0.5, 0.6) is 11.5 Å². The van der Waals surface area contributed by atoms with Gasteiger partial charge in [-0.2, -0.15) is 0 Å². The summed E-state index contributed by atoms with van der Waals surface area (Å²) in [5.41, 5.74) is -0.799. The van der Waals surface area contributed by atoms with Crippen molar-refractivity contribution in [1.82, 2.24) is 5.32 Å². The number of rotatable bonds is 4. The van der Waals surface area contributed by atoms with Crippen molar-refractivity contribution in [3.63, 3.8) is 0 Å². The maximum Gasteiger partial charge on any atom is 0.320 e. The summed E-state index contributed by atoms with van der Waals surface area (Å²) in [6.45, 7) is 0.123. The van der Waals surface area contributed by atoms with Crippen molar-refractivity contribution >= 4 is 23.3 Å². The molecule has 3 amide bonds. The van der Waals surface area contributed by atoms with Crippen molar-refractivity contribution in [2.24, 2.45) is 0 Å². The zero-order chi connectivity index (χ0) is 21.1. The first-order chi connectivity index (χ1) is 14.4. The van der Waals surface area contributed by atoms with Gasteiger partial charge in [0.15, 0.2) is 11.5 Å². The number of amides is 3. The summed E-state index contributed by atoms with van der Waals surface area (Å²) in [4.78, 5) is 25.7. The van der Waals surface area contributed by atoms with E-state index in [0.717, 1.165) is 31.4 Å². The highest BCUT2D eigenvalue weighted by atomic mass is 19.1. The van der Waals surface area contributed by atoms with E-state index in [-0.39, 0.29) is 18.4 Å². The monoisotopic (exact) mass is 417 g/mol. The molecule has 3 N–H and O–H groups in total. The molecule has 1 fully saturated rings. The molecule has 2 aromatic carbocycles. The molecule has 7 nitrogen and oxygen atoms in total. The first-order valence-corrected chi connectivity index (χ1v) is 9.70. The Kier molecular flexibility index (Phi) is 5.43. The molecular weight excluding hydrogens is 396 g/mol. The van der Waals surface area contributed by atoms with E-state index >= 15 is 0 Å². The summed E-state index contributed by atoms with van der Waals surface area (Å²) < 4.78 is 37.5. The number of urea groups is 1. The molecule has 1 aliphatic heterocycles. The molecule has 1 heterocycles. The number of benzene rings is 2. The van der Waals surface area contributed by atoms with Crippen molar-refractivity contribution in [3.05, 3.63) is 48.0 Å². The van der Waals surface area contributed by atoms with E-state index in [9.17, 15) is 18.4 Å². The fraction of sp³-hybridized carbons (Fsp3) is 0.333. The predicted octanol–water partition coefficient (Wildman–Crippen LogP) is 4.16. The van der Waals surface area contributed by atoms with Crippen molar-refractivity contribution in [2.75, 3.05) is 17.4 Å². The lowest BCUT2D eigenvalue weighted by atomic mass is 9.81. The molecule has 0 spiro atoms. The van der Waals surface area contributed by atoms with Gasteiger partial charge >= 0.3 is 6.03 Å². The SMILES string of the molecule is O=C(Nc1ccc(F)cc1F)NC1(C(=O)Nc2ccc3c(c2)OCO3)CCCCC1. The summed E-state index contributed by atoms with van der Waals surface area (Å²) in [5, 5.41) is 7.90. The molecular formula is C21H21F2N3O4. The number of hydrogen-bond donors (Lipinski definition) is 3. The molecule has 0 unspecified atom stereocenters. The first kappa shape index (κ1) is 19.9. The molecule has 2 aromatic rings. The quantitative estimate of drug-likeness (QED) is 0.697. The molecule has 2 aliphatic rings. The summed E-state index contributed by atoms with van der Waals surface area (Å²) >= 11 is 0. The second kappa shape index (κ2) is 8.17. The van der Waals surface area contributed by atoms with Crippen molar-refractivity contribution in [2.45, 2.75) is 37.6 Å². The van der Waals surface area contributed by atoms with E-state index in [2.05, 4.69) is 16.0 Å². The maximum atomic E-state index is 13.9. The molecule has 0 radical (unpaired) electrons. The molecule has 0 aromatic heterocycles. The summed E-state index contributed by atoms with van der Waals surface area (Å²) in [6, 6.07) is 7.16. The minimum absolute atomic E-state index is 0.123. The number of anilines is 2. The Hall–Kier alpha value is -3.36. The van der Waals surface area contributed by atoms with E-state index in [4.69, 9.17) is 9.47 Å². The second-order valence-electron chi connectivity index (χ2n) is 7.37. The largest absolute Gasteiger partial charge is 0.454 e. The number of fused-ring (bicyclic) bond motifs is 1. The van der Waals surface area contributed by atoms with Gasteiger partial charge in [-0.1, -0.05) is 19.3 Å². The minimum Gasteiger partial charge on any atom is -0.454 e. The molecule has 158 valence electrons. The highest BCUT2D eigenvalue weighted by Crippen LogP contribution is 2.35. The Morgan fingerprint density at radius 1 is 0.900 bits per heavy atom. The van der Waals surface area contributed by atoms with Gasteiger partial charge in [0.2, 0.25) is 12.7 Å². The number of carbonyl (C=O) groups is 2. The van der Waals surface area contributed by atoms with E-state index in [0.29, 0.717) is 36.1 Å². The Morgan fingerprint density at radius 3 is 2.43 bits per heavy atom. The van der Waals surface area contributed by atoms with Crippen molar-refractivity contribution in [1.29, 1.82) is 0 Å². The Morgan fingerprint density at radius 2 is 1.67 bits per heavy atom. The van der Waals surface area contributed by atoms with Gasteiger partial charge in [-0.25, -0.2) is 13.6 Å². The van der Waals surface area contributed by atoms with Crippen molar-refractivity contribution in [3.8, 4) is 11.5 Å². The van der Waals surface area contributed by atoms with Crippen LogP contribution in [-0.2, 0) is 4.79 Å². The van der Waals surface area contributed by atoms with E-state index in [1.807, 2.05) is 0 Å². The predicted molar refractivity (Wildman–Crippen MR) is 106 cm³/mol. The normalized spacial score (nSPS) is 16.6. The Bertz CT molecular complexity index is 977. The zero-order valence-electron chi connectivity index (χ0n) is 16.1. The first-order valence-electron chi connectivity index (χ1n) is 9.70. The summed E-state index contributed by atoms with van der Waals surface area (Å²) in [5.74, 6) is -0.879. The third-order valence-electron chi connectivity index (χ3n) is 5.30. The number of hydrogen-bond acceptors (Lipinski definition) is 4. The minimum atomic E-state index is -1.14. The summed E-state index contributed by atoms with van der Waals surface area (Å²) in [6.07, 6.45) is 3.37. The molecule has 9 heteroatoms. The van der Waals surface area contributed by atoms with Gasteiger partial charge in [-0.3, -0.25) is 4.79 Å². The number of ether oxygens (including phenoxy) is 2. The van der Waals surface area contributed by atoms with Crippen LogP contribution in [0, 0.1) is 11.6 Å². The third kappa shape index (κ3) is 4.14. The Labute approximate surface area is 171 Å². The van der Waals surface area contributed by atoms with Crippen LogP contribution in [0.1, 0.15) is 32.1 Å². The molecule has 4 rings (SSSR count). The number of nitrogens with one attached hydrogen (secondary N) is 3. The lowest BCUT2D eigenvalue weighted by Gasteiger charge is -2.36. The fourth-order valence-electron chi connectivity index (χ4n) is 3.75. The van der Waals surface area contributed by atoms with Crippen LogP contribution < -0.4 is 25.4 Å². The van der Waals surface area contributed by atoms with Crippen LogP contribution in [0.25, 0.3) is 0 Å². The number of halogens is 2. The molecule has 0 atom stereocenters. The van der Waals surface area contributed by atoms with E-state index in [1.165, 1.54) is 0 Å². The standard InChI is InChI=1S/C21H21F2N3O4/c22-13-4-6-16(15(23)10-13)25-20(28)26-21(8-2-1-3-9-21)19(27)24-14-5-7-17-18(11-14)30-12-29-17/h4-7,10-11H,1-3,8-9,12H2,(H,24,27)(H2,25,26,28). The topological polar surface area (TPSA) is 88.7 Å². The van der Waals surface area contributed by atoms with Gasteiger partial charge in [0.25, 0.3) is 0 Å². The Balaban J connectivity index is 1.49. The lowest BCUT2D eigenvalue weighted by molar-refractivity contribution is -0.123. The van der Waals surface area contributed by atoms with Crippen LogP contribution in [0.15, 0.2) is 36.4 Å². The average molecular weight is 417 g/mol. The van der Waals surface area contributed by atoms with Gasteiger partial charge in [-0.05, 0) is 37.1 Å². The molecule has 0 bridgehead atoms. The number of carbonyl (C=O) groups excluding carboxylic acids is 2.